The monoisotopic (exact) mass is 412 g/mol. The number of carbonyl (C=O) groups excluding carboxylic acids is 1. The average molecular weight is 413 g/mol. The topological polar surface area (TPSA) is 48.4 Å². The van der Waals surface area contributed by atoms with Crippen molar-refractivity contribution in [1.29, 1.82) is 0 Å². The van der Waals surface area contributed by atoms with E-state index in [1.165, 1.54) is 0 Å². The second-order valence-electron chi connectivity index (χ2n) is 7.05. The molecule has 7 heteroatoms. The molecular formula is C22H25ClN4O2. The predicted molar refractivity (Wildman–Crippen MR) is 116 cm³/mol. The summed E-state index contributed by atoms with van der Waals surface area (Å²) in [5.74, 6) is 1.55. The van der Waals surface area contributed by atoms with Crippen LogP contribution in [0.3, 0.4) is 0 Å². The molecule has 0 aliphatic carbocycles. The highest BCUT2D eigenvalue weighted by Gasteiger charge is 2.31. The highest BCUT2D eigenvalue weighted by atomic mass is 35.5. The number of benzene rings is 2. The van der Waals surface area contributed by atoms with Crippen LogP contribution in [-0.4, -0.2) is 67.5 Å². The molecule has 1 fully saturated rings. The van der Waals surface area contributed by atoms with Crippen LogP contribution in [0.1, 0.15) is 17.3 Å². The lowest BCUT2D eigenvalue weighted by atomic mass is 10.2. The van der Waals surface area contributed by atoms with Crippen LogP contribution in [0.25, 0.3) is 0 Å². The highest BCUT2D eigenvalue weighted by molar-refractivity contribution is 6.30. The van der Waals surface area contributed by atoms with Gasteiger partial charge in [-0.1, -0.05) is 17.7 Å². The summed E-state index contributed by atoms with van der Waals surface area (Å²) in [6.07, 6.45) is 0. The van der Waals surface area contributed by atoms with E-state index in [4.69, 9.17) is 16.3 Å². The van der Waals surface area contributed by atoms with Gasteiger partial charge in [-0.2, -0.15) is 0 Å². The molecule has 4 rings (SSSR count). The number of anilines is 1. The standard InChI is InChI=1S/C22H25ClN4O2/c1-2-29-20-8-6-17(7-9-20)21(28)27-11-10-24-22(27)26-14-12-25(13-15-26)19-5-3-4-18(23)16-19/h3-9,16H,2,10-15H2,1H3. The van der Waals surface area contributed by atoms with Crippen LogP contribution in [0, 0.1) is 0 Å². The number of amides is 1. The van der Waals surface area contributed by atoms with Gasteiger partial charge in [-0.25, -0.2) is 0 Å². The SMILES string of the molecule is CCOc1ccc(C(=O)N2CCN=C2N2CCN(c3cccc(Cl)c3)CC2)cc1. The van der Waals surface area contributed by atoms with Gasteiger partial charge in [0.25, 0.3) is 5.91 Å². The van der Waals surface area contributed by atoms with E-state index in [9.17, 15) is 4.79 Å². The van der Waals surface area contributed by atoms with Gasteiger partial charge in [-0.3, -0.25) is 14.7 Å². The van der Waals surface area contributed by atoms with E-state index in [-0.39, 0.29) is 5.91 Å². The quantitative estimate of drug-likeness (QED) is 0.772. The maximum atomic E-state index is 13.0. The molecule has 29 heavy (non-hydrogen) atoms. The molecule has 6 nitrogen and oxygen atoms in total. The molecule has 0 spiro atoms. The third-order valence-electron chi connectivity index (χ3n) is 5.21. The van der Waals surface area contributed by atoms with Crippen LogP contribution in [0.4, 0.5) is 5.69 Å². The van der Waals surface area contributed by atoms with Gasteiger partial charge in [0.1, 0.15) is 5.75 Å². The molecule has 0 N–H and O–H groups in total. The molecule has 2 aromatic rings. The van der Waals surface area contributed by atoms with Crippen molar-refractivity contribution in [2.75, 3.05) is 50.8 Å². The number of rotatable bonds is 4. The summed E-state index contributed by atoms with van der Waals surface area (Å²) >= 11 is 6.13. The molecule has 0 radical (unpaired) electrons. The van der Waals surface area contributed by atoms with Crippen molar-refractivity contribution in [1.82, 2.24) is 9.80 Å². The van der Waals surface area contributed by atoms with Crippen LogP contribution < -0.4 is 9.64 Å². The van der Waals surface area contributed by atoms with Gasteiger partial charge in [0.2, 0.25) is 5.96 Å². The highest BCUT2D eigenvalue weighted by Crippen LogP contribution is 2.22. The summed E-state index contributed by atoms with van der Waals surface area (Å²) in [7, 11) is 0. The Hall–Kier alpha value is -2.73. The number of nitrogens with zero attached hydrogens (tertiary/aromatic N) is 4. The van der Waals surface area contributed by atoms with E-state index in [1.807, 2.05) is 49.4 Å². The zero-order chi connectivity index (χ0) is 20.2. The number of piperazine rings is 1. The fourth-order valence-electron chi connectivity index (χ4n) is 3.75. The number of carbonyl (C=O) groups is 1. The van der Waals surface area contributed by atoms with Gasteiger partial charge >= 0.3 is 0 Å². The van der Waals surface area contributed by atoms with Crippen molar-refractivity contribution in [3.05, 3.63) is 59.1 Å². The summed E-state index contributed by atoms with van der Waals surface area (Å²) in [6, 6.07) is 15.3. The fraction of sp³-hybridized carbons (Fsp3) is 0.364. The minimum absolute atomic E-state index is 0.0124. The van der Waals surface area contributed by atoms with Gasteiger partial charge < -0.3 is 14.5 Å². The molecule has 1 amide bonds. The molecule has 0 bridgehead atoms. The fourth-order valence-corrected chi connectivity index (χ4v) is 3.94. The molecule has 152 valence electrons. The molecule has 0 aromatic heterocycles. The number of hydrogen-bond acceptors (Lipinski definition) is 5. The molecule has 2 aromatic carbocycles. The van der Waals surface area contributed by atoms with Gasteiger partial charge in [-0.05, 0) is 49.4 Å². The third-order valence-corrected chi connectivity index (χ3v) is 5.45. The number of ether oxygens (including phenoxy) is 1. The molecule has 2 aliphatic heterocycles. The van der Waals surface area contributed by atoms with Gasteiger partial charge in [0.05, 0.1) is 13.2 Å². The van der Waals surface area contributed by atoms with E-state index in [2.05, 4.69) is 20.9 Å². The van der Waals surface area contributed by atoms with Crippen LogP contribution >= 0.6 is 11.6 Å². The summed E-state index contributed by atoms with van der Waals surface area (Å²) in [6.45, 7) is 7.18. The second kappa shape index (κ2) is 8.74. The van der Waals surface area contributed by atoms with Crippen LogP contribution in [0.15, 0.2) is 53.5 Å². The average Bonchev–Trinajstić information content (AvgIpc) is 3.24. The Kier molecular flexibility index (Phi) is 5.90. The van der Waals surface area contributed by atoms with E-state index in [0.29, 0.717) is 25.3 Å². The van der Waals surface area contributed by atoms with Crippen LogP contribution in [0.2, 0.25) is 5.02 Å². The smallest absolute Gasteiger partial charge is 0.260 e. The number of guanidine groups is 1. The molecule has 2 heterocycles. The van der Waals surface area contributed by atoms with Crippen LogP contribution in [0.5, 0.6) is 5.75 Å². The van der Waals surface area contributed by atoms with Crippen LogP contribution in [-0.2, 0) is 0 Å². The van der Waals surface area contributed by atoms with Gasteiger partial charge in [0, 0.05) is 49.0 Å². The van der Waals surface area contributed by atoms with E-state index in [1.54, 1.807) is 4.90 Å². The lowest BCUT2D eigenvalue weighted by molar-refractivity contribution is 0.0843. The van der Waals surface area contributed by atoms with Gasteiger partial charge in [0.15, 0.2) is 0 Å². The summed E-state index contributed by atoms with van der Waals surface area (Å²) < 4.78 is 5.47. The third kappa shape index (κ3) is 4.32. The molecule has 0 atom stereocenters. The minimum atomic E-state index is -0.0124. The Labute approximate surface area is 176 Å². The Morgan fingerprint density at radius 3 is 2.45 bits per heavy atom. The van der Waals surface area contributed by atoms with Crippen molar-refractivity contribution < 1.29 is 9.53 Å². The summed E-state index contributed by atoms with van der Waals surface area (Å²) in [5.41, 5.74) is 1.79. The Morgan fingerprint density at radius 1 is 1.03 bits per heavy atom. The second-order valence-corrected chi connectivity index (χ2v) is 7.49. The first-order valence-electron chi connectivity index (χ1n) is 10.0. The molecule has 2 aliphatic rings. The predicted octanol–water partition coefficient (Wildman–Crippen LogP) is 3.37. The summed E-state index contributed by atoms with van der Waals surface area (Å²) in [5, 5.41) is 0.747. The lowest BCUT2D eigenvalue weighted by Crippen LogP contribution is -2.53. The Morgan fingerprint density at radius 2 is 1.76 bits per heavy atom. The van der Waals surface area contributed by atoms with Crippen molar-refractivity contribution >= 4 is 29.2 Å². The maximum Gasteiger partial charge on any atom is 0.260 e. The van der Waals surface area contributed by atoms with Crippen molar-refractivity contribution in [3.8, 4) is 5.75 Å². The first-order chi connectivity index (χ1) is 14.2. The normalized spacial score (nSPS) is 16.8. The van der Waals surface area contributed by atoms with E-state index < -0.39 is 0 Å². The first-order valence-corrected chi connectivity index (χ1v) is 10.4. The molecule has 0 unspecified atom stereocenters. The van der Waals surface area contributed by atoms with E-state index >= 15 is 0 Å². The lowest BCUT2D eigenvalue weighted by Gasteiger charge is -2.38. The number of aliphatic imine (C=N–C) groups is 1. The minimum Gasteiger partial charge on any atom is -0.494 e. The van der Waals surface area contributed by atoms with Gasteiger partial charge in [-0.15, -0.1) is 0 Å². The molecular weight excluding hydrogens is 388 g/mol. The van der Waals surface area contributed by atoms with Crippen molar-refractivity contribution in [3.63, 3.8) is 0 Å². The number of halogens is 1. The Balaban J connectivity index is 1.40. The van der Waals surface area contributed by atoms with E-state index in [0.717, 1.165) is 48.6 Å². The largest absolute Gasteiger partial charge is 0.494 e. The zero-order valence-corrected chi connectivity index (χ0v) is 17.3. The molecule has 1 saturated heterocycles. The first kappa shape index (κ1) is 19.6. The molecule has 0 saturated carbocycles. The maximum absolute atomic E-state index is 13.0. The van der Waals surface area contributed by atoms with Crippen molar-refractivity contribution in [2.24, 2.45) is 4.99 Å². The number of hydrogen-bond donors (Lipinski definition) is 0. The zero-order valence-electron chi connectivity index (χ0n) is 16.6. The van der Waals surface area contributed by atoms with Crippen molar-refractivity contribution in [2.45, 2.75) is 6.92 Å². The summed E-state index contributed by atoms with van der Waals surface area (Å²) in [4.78, 5) is 24.0. The Bertz CT molecular complexity index is 892.